The number of phenols is 4. The third-order valence-corrected chi connectivity index (χ3v) is 23.5. The summed E-state index contributed by atoms with van der Waals surface area (Å²) in [7, 11) is 5.94. The van der Waals surface area contributed by atoms with Crippen molar-refractivity contribution in [2.24, 2.45) is 0 Å². The van der Waals surface area contributed by atoms with Gasteiger partial charge in [-0.3, -0.25) is 38.4 Å². The molecule has 20 N–H and O–H groups in total. The number of esters is 1. The number of phenolic OH excluding ortho intramolecular Hbond substituents is 4. The van der Waals surface area contributed by atoms with Gasteiger partial charge < -0.3 is 147 Å². The minimum Gasteiger partial charge on any atom is -0.508 e. The van der Waals surface area contributed by atoms with Crippen molar-refractivity contribution in [3.8, 4) is 80.1 Å². The van der Waals surface area contributed by atoms with Gasteiger partial charge in [-0.15, -0.1) is 0 Å². The van der Waals surface area contributed by atoms with E-state index in [4.69, 9.17) is 61.1 Å². The fourth-order valence-electron chi connectivity index (χ4n) is 15.9. The molecule has 0 aliphatic carbocycles. The molecule has 7 aromatic rings. The number of aliphatic hydroxyl groups excluding tert-OH is 7. The number of carbonyl (C=O) groups excluding carboxylic acids is 9. The van der Waals surface area contributed by atoms with Gasteiger partial charge in [0.2, 0.25) is 65.6 Å². The fourth-order valence-corrected chi connectivity index (χ4v) is 16.3. The summed E-state index contributed by atoms with van der Waals surface area (Å²) in [5, 5.41) is 151. The summed E-state index contributed by atoms with van der Waals surface area (Å²) in [6.45, 7) is 1.46. The molecule has 17 bridgehead atoms. The Bertz CT molecular complexity index is 5320. The maximum absolute atomic E-state index is 16.9. The van der Waals surface area contributed by atoms with Crippen LogP contribution in [0.1, 0.15) is 146 Å². The zero-order valence-electron chi connectivity index (χ0n) is 69.8. The summed E-state index contributed by atoms with van der Waals surface area (Å²) in [5.74, 6) is -17.1. The van der Waals surface area contributed by atoms with E-state index >= 15 is 28.8 Å². The molecule has 2 saturated heterocycles. The Morgan fingerprint density at radius 1 is 0.555 bits per heavy atom. The Morgan fingerprint density at radius 2 is 1.20 bits per heavy atom. The van der Waals surface area contributed by atoms with E-state index in [1.807, 2.05) is 4.90 Å². The molecule has 40 heteroatoms. The Labute approximate surface area is 742 Å². The molecule has 128 heavy (non-hydrogen) atoms. The van der Waals surface area contributed by atoms with Crippen molar-refractivity contribution in [2.45, 2.75) is 187 Å². The number of fused-ring (bicyclic) bond motifs is 14. The van der Waals surface area contributed by atoms with Crippen LogP contribution in [-0.4, -0.2) is 236 Å². The molecule has 38 nitrogen and oxygen atoms in total. The van der Waals surface area contributed by atoms with Gasteiger partial charge in [-0.25, -0.2) is 4.79 Å². The van der Waals surface area contributed by atoms with Crippen molar-refractivity contribution in [1.82, 2.24) is 52.8 Å². The fraction of sp³-hybridized carbons (Fsp3) is 0.420. The first-order valence-electron chi connectivity index (χ1n) is 41.5. The lowest BCUT2D eigenvalue weighted by molar-refractivity contribution is -0.277. The number of hydrogen-bond donors (Lipinski definition) is 20. The first kappa shape index (κ1) is 93.7. The number of halogens is 2. The van der Waals surface area contributed by atoms with Gasteiger partial charge in [0, 0.05) is 48.2 Å². The minimum absolute atomic E-state index is 0.0893. The van der Waals surface area contributed by atoms with Gasteiger partial charge in [0.25, 0.3) is 0 Å². The highest BCUT2D eigenvalue weighted by Crippen LogP contribution is 2.51. The van der Waals surface area contributed by atoms with Crippen molar-refractivity contribution in [2.75, 3.05) is 47.9 Å². The predicted octanol–water partition coefficient (Wildman–Crippen LogP) is 4.01. The number of aliphatic hydroxyl groups is 7. The maximum Gasteiger partial charge on any atom is 0.337 e. The molecule has 0 spiro atoms. The molecule has 2 fully saturated rings. The molecule has 684 valence electrons. The lowest BCUT2D eigenvalue weighted by Gasteiger charge is -2.41. The average Bonchev–Trinajstić information content (AvgIpc) is 0.758. The number of nitrogens with zero attached hydrogens (tertiary/aromatic N) is 1. The molecular formula is C88H100Cl2N10O28. The monoisotopic (exact) mass is 1810 g/mol. The van der Waals surface area contributed by atoms with Crippen LogP contribution in [0, 0.1) is 0 Å². The van der Waals surface area contributed by atoms with E-state index in [1.54, 1.807) is 14.1 Å². The van der Waals surface area contributed by atoms with Crippen LogP contribution in [0.4, 0.5) is 0 Å². The topological polar surface area (TPSA) is 562 Å². The second-order valence-electron chi connectivity index (χ2n) is 32.1. The second-order valence-corrected chi connectivity index (χ2v) is 32.8. The van der Waals surface area contributed by atoms with Crippen LogP contribution in [0.25, 0.3) is 11.1 Å². The Morgan fingerprint density at radius 3 is 1.90 bits per heavy atom. The quantitative estimate of drug-likeness (QED) is 0.0337. The summed E-state index contributed by atoms with van der Waals surface area (Å²) in [5.41, 5.74) is -2.58. The first-order valence-corrected chi connectivity index (χ1v) is 42.3. The number of unbranched alkanes of at least 4 members (excludes halogenated alkanes) is 7. The van der Waals surface area contributed by atoms with E-state index < -0.39 is 271 Å². The Kier molecular flexibility index (Phi) is 30.1. The number of carbonyl (C=O) groups is 9. The predicted molar refractivity (Wildman–Crippen MR) is 452 cm³/mol. The van der Waals surface area contributed by atoms with Crippen molar-refractivity contribution in [3.05, 3.63) is 164 Å². The summed E-state index contributed by atoms with van der Waals surface area (Å²) >= 11 is 14.3. The van der Waals surface area contributed by atoms with Gasteiger partial charge >= 0.3 is 5.97 Å². The van der Waals surface area contributed by atoms with Crippen LogP contribution in [0.3, 0.4) is 0 Å². The van der Waals surface area contributed by atoms with E-state index in [2.05, 4.69) is 54.8 Å². The number of nitrogens with one attached hydrogen (secondary N) is 9. The number of amides is 8. The highest BCUT2D eigenvalue weighted by atomic mass is 35.5. The maximum atomic E-state index is 16.9. The highest BCUT2D eigenvalue weighted by Gasteiger charge is 2.52. The zero-order valence-corrected chi connectivity index (χ0v) is 71.3. The van der Waals surface area contributed by atoms with Crippen LogP contribution in [0.5, 0.6) is 69.0 Å². The van der Waals surface area contributed by atoms with Gasteiger partial charge in [0.05, 0.1) is 23.8 Å². The highest BCUT2D eigenvalue weighted by molar-refractivity contribution is 6.33. The third-order valence-electron chi connectivity index (χ3n) is 22.7. The molecule has 18 atom stereocenters. The van der Waals surface area contributed by atoms with Crippen LogP contribution < -0.4 is 71.5 Å². The van der Waals surface area contributed by atoms with E-state index in [0.717, 1.165) is 112 Å². The van der Waals surface area contributed by atoms with E-state index in [1.165, 1.54) is 55.6 Å². The minimum atomic E-state index is -2.43. The van der Waals surface area contributed by atoms with Gasteiger partial charge in [-0.05, 0) is 147 Å². The van der Waals surface area contributed by atoms with Gasteiger partial charge in [-0.1, -0.05) is 105 Å². The number of rotatable bonds is 22. The van der Waals surface area contributed by atoms with Crippen LogP contribution >= 0.6 is 23.2 Å². The van der Waals surface area contributed by atoms with Gasteiger partial charge in [0.1, 0.15) is 131 Å². The average molecular weight is 1820 g/mol. The van der Waals surface area contributed by atoms with E-state index in [-0.39, 0.29) is 41.3 Å². The lowest BCUT2D eigenvalue weighted by atomic mass is 9.89. The molecule has 0 saturated carbocycles. The number of likely N-dealkylation sites (N-methyl/N-ethyl adjacent to an activating group) is 1. The molecule has 15 rings (SSSR count). The van der Waals surface area contributed by atoms with Crippen LogP contribution in [-0.2, 0) is 63.8 Å². The SMILES string of the molecule is CCCCCCCCCCC(=O)N[C@H]1[C@H](Oc2c3cc4cc2Oc2ccc(cc2Cl)[C@@H](O)[C@@H]2NC(=O)[C@H](NC(=O)[C@@H]4NC(=O)[C@H]4NC(=O)[C@@H](Cc5ccc(cc5)O3)NC(=O)[C@@H](NC)c3ccc(O)c(c3)Oc3cc(O)c(Cl)c4c3)c3ccc(O)c(c3)-c3c(O[C@H]4O[C@H](CO)[C@@H](O)[C@H](O)[C@@H]4O)cc(O)cc3[C@@H](C(=O)NCCCN(C)C)NC2=O)O[C@H](C(=O)OC)[C@@H](O)[C@@H]1O. The number of benzene rings is 7. The van der Waals surface area contributed by atoms with E-state index in [0.29, 0.717) is 31.4 Å². The molecule has 7 aromatic carbocycles. The van der Waals surface area contributed by atoms with Crippen molar-refractivity contribution >= 4 is 76.4 Å². The summed E-state index contributed by atoms with van der Waals surface area (Å²) < 4.78 is 49.9. The normalized spacial score (nSPS) is 25.8. The molecule has 0 aromatic heterocycles. The molecule has 8 heterocycles. The Balaban J connectivity index is 1.05. The number of hydrogen-bond acceptors (Lipinski definition) is 30. The summed E-state index contributed by atoms with van der Waals surface area (Å²) in [6, 6.07) is 6.07. The largest absolute Gasteiger partial charge is 0.508 e. The summed E-state index contributed by atoms with van der Waals surface area (Å²) in [6.07, 6.45) is -14.0. The lowest BCUT2D eigenvalue weighted by Crippen LogP contribution is -2.66. The smallest absolute Gasteiger partial charge is 0.337 e. The number of ether oxygens (including phenoxy) is 8. The van der Waals surface area contributed by atoms with Crippen LogP contribution in [0.15, 0.2) is 115 Å². The first-order chi connectivity index (χ1) is 61.2. The number of methoxy groups -OCH3 is 1. The molecule has 8 aliphatic heterocycles. The van der Waals surface area contributed by atoms with Gasteiger partial charge in [0.15, 0.2) is 29.1 Å². The standard InChI is InChI=1S/C88H100Cl2N10O28/c1-6-7-8-9-10-11-12-13-15-61(106)94-70-73(109)75(111)78(86(120)121-5)128-87(70)127-77-58-32-43-33-59(77)124-55-25-20-42(30-50(55)89)71(107)69-85(119)98-67(80(114)92-26-14-27-100(3)4)48-34-44(102)35-57(125-88-76(112)74(110)72(108)60(38-101)126-88)62(48)47-29-40(18-23-52(47)103)65(82(116)99-69)95-83(117)66(43)96-84(118)68-49-36-46(37-54(105)63(49)90)123-56-31-41(19-24-53(56)104)64(91-2)81(115)93-51(79(113)97-68)28-39-16-21-45(122-58)22-17-39/h16-25,29-37,51,60,64-76,78,87-88,91,101-105,107-112H,6-15,26-28,38H2,1-5H3,(H,92,114)(H,93,115)(H,94,106)(H,95,117)(H,96,118)(H,97,113)(H,98,119)(H,99,116)/t51-,60-,64+,65-,66-,67+,68+,69+,70-,71-,72-,73-,74+,75+,76+,78+,87-,88+/m1/s1. The molecule has 8 aliphatic rings. The zero-order chi connectivity index (χ0) is 91.8. The van der Waals surface area contributed by atoms with Gasteiger partial charge in [-0.2, -0.15) is 0 Å². The van der Waals surface area contributed by atoms with Crippen LogP contribution in [0.2, 0.25) is 10.0 Å². The molecule has 0 radical (unpaired) electrons. The van der Waals surface area contributed by atoms with Crippen molar-refractivity contribution in [3.63, 3.8) is 0 Å². The molecular weight excluding hydrogens is 1720 g/mol. The molecule has 8 amide bonds. The summed E-state index contributed by atoms with van der Waals surface area (Å²) in [4.78, 5) is 141. The molecule has 0 unspecified atom stereocenters. The van der Waals surface area contributed by atoms with Crippen molar-refractivity contribution < 1.29 is 137 Å². The third kappa shape index (κ3) is 20.9. The van der Waals surface area contributed by atoms with E-state index in [9.17, 15) is 70.6 Å². The Hall–Kier alpha value is -11.9. The number of aromatic hydroxyl groups is 4. The second kappa shape index (κ2) is 41.0. The van der Waals surface area contributed by atoms with Crippen molar-refractivity contribution in [1.29, 1.82) is 0 Å².